The van der Waals surface area contributed by atoms with Crippen molar-refractivity contribution in [1.82, 2.24) is 9.78 Å². The van der Waals surface area contributed by atoms with Crippen LogP contribution in [0.3, 0.4) is 0 Å². The number of alkyl halides is 1. The van der Waals surface area contributed by atoms with Gasteiger partial charge in [-0.15, -0.1) is 11.6 Å². The quantitative estimate of drug-likeness (QED) is 0.783. The minimum absolute atomic E-state index is 0.316. The van der Waals surface area contributed by atoms with Crippen LogP contribution in [0, 0.1) is 0 Å². The Morgan fingerprint density at radius 2 is 2.24 bits per heavy atom. The maximum Gasteiger partial charge on any atom is 0.165 e. The lowest BCUT2D eigenvalue weighted by molar-refractivity contribution is 0.477. The van der Waals surface area contributed by atoms with Crippen molar-refractivity contribution in [3.8, 4) is 11.5 Å². The Balaban J connectivity index is 2.26. The van der Waals surface area contributed by atoms with Gasteiger partial charge < -0.3 is 4.74 Å². The molecule has 3 nitrogen and oxygen atoms in total. The lowest BCUT2D eigenvalue weighted by Crippen LogP contribution is -1.92. The zero-order chi connectivity index (χ0) is 12.3. The Morgan fingerprint density at radius 1 is 1.41 bits per heavy atom. The van der Waals surface area contributed by atoms with Crippen molar-refractivity contribution in [3.63, 3.8) is 0 Å². The molecule has 5 heteroatoms. The van der Waals surface area contributed by atoms with Crippen molar-refractivity contribution >= 4 is 23.2 Å². The molecule has 0 bridgehead atoms. The second kappa shape index (κ2) is 5.43. The Hall–Kier alpha value is -1.19. The topological polar surface area (TPSA) is 27.1 Å². The molecule has 0 aliphatic rings. The van der Waals surface area contributed by atoms with Gasteiger partial charge in [0.1, 0.15) is 5.75 Å². The summed E-state index contributed by atoms with van der Waals surface area (Å²) in [6.07, 6.45) is 3.50. The summed E-state index contributed by atoms with van der Waals surface area (Å²) in [6, 6.07) is 5.46. The van der Waals surface area contributed by atoms with E-state index < -0.39 is 0 Å². The molecule has 0 unspecified atom stereocenters. The Morgan fingerprint density at radius 3 is 2.88 bits per heavy atom. The average molecular weight is 271 g/mol. The summed E-state index contributed by atoms with van der Waals surface area (Å²) >= 11 is 11.9. The summed E-state index contributed by atoms with van der Waals surface area (Å²) in [5.74, 6) is 1.67. The first kappa shape index (κ1) is 12.3. The summed E-state index contributed by atoms with van der Waals surface area (Å²) in [6.45, 7) is 2.82. The first-order valence-electron chi connectivity index (χ1n) is 5.28. The van der Waals surface area contributed by atoms with Crippen molar-refractivity contribution in [2.45, 2.75) is 19.3 Å². The Labute approximate surface area is 110 Å². The van der Waals surface area contributed by atoms with Crippen molar-refractivity contribution in [2.75, 3.05) is 0 Å². The maximum atomic E-state index is 6.04. The van der Waals surface area contributed by atoms with Crippen molar-refractivity contribution in [2.24, 2.45) is 0 Å². The van der Waals surface area contributed by atoms with Crippen LogP contribution in [0.1, 0.15) is 12.5 Å². The van der Waals surface area contributed by atoms with E-state index in [0.717, 1.165) is 12.1 Å². The minimum Gasteiger partial charge on any atom is -0.454 e. The second-order valence-corrected chi connectivity index (χ2v) is 4.16. The van der Waals surface area contributed by atoms with Gasteiger partial charge in [-0.25, -0.2) is 0 Å². The highest BCUT2D eigenvalue weighted by Crippen LogP contribution is 2.31. The number of ether oxygens (including phenoxy) is 1. The molecule has 17 heavy (non-hydrogen) atoms. The highest BCUT2D eigenvalue weighted by molar-refractivity contribution is 6.32. The first-order valence-corrected chi connectivity index (χ1v) is 6.19. The molecule has 1 aromatic heterocycles. The number of hydrogen-bond donors (Lipinski definition) is 0. The third kappa shape index (κ3) is 2.73. The Bertz CT molecular complexity index is 511. The van der Waals surface area contributed by atoms with Gasteiger partial charge in [0.25, 0.3) is 0 Å². The number of benzene rings is 1. The second-order valence-electron chi connectivity index (χ2n) is 3.48. The molecule has 90 valence electrons. The summed E-state index contributed by atoms with van der Waals surface area (Å²) in [7, 11) is 0. The molecular formula is C12H12Cl2N2O. The van der Waals surface area contributed by atoms with E-state index in [0.29, 0.717) is 22.4 Å². The largest absolute Gasteiger partial charge is 0.454 e. The standard InChI is InChI=1S/C12H12Cl2N2O/c1-2-16-8-9(7-15-16)17-12-5-3-4-11(14)10(12)6-13/h3-5,7-8H,2,6H2,1H3. The summed E-state index contributed by atoms with van der Waals surface area (Å²) in [5, 5.41) is 4.75. The fourth-order valence-corrected chi connectivity index (χ4v) is 2.04. The molecule has 0 radical (unpaired) electrons. The van der Waals surface area contributed by atoms with Gasteiger partial charge in [0.05, 0.1) is 18.3 Å². The predicted octanol–water partition coefficient (Wildman–Crippen LogP) is 4.09. The number of nitrogens with zero attached hydrogens (tertiary/aromatic N) is 2. The maximum absolute atomic E-state index is 6.04. The zero-order valence-electron chi connectivity index (χ0n) is 9.36. The highest BCUT2D eigenvalue weighted by atomic mass is 35.5. The molecular weight excluding hydrogens is 259 g/mol. The third-order valence-corrected chi connectivity index (χ3v) is 2.99. The minimum atomic E-state index is 0.316. The predicted molar refractivity (Wildman–Crippen MR) is 69.0 cm³/mol. The van der Waals surface area contributed by atoms with Gasteiger partial charge >= 0.3 is 0 Å². The van der Waals surface area contributed by atoms with Crippen LogP contribution in [0.4, 0.5) is 0 Å². The van der Waals surface area contributed by atoms with Crippen LogP contribution >= 0.6 is 23.2 Å². The zero-order valence-corrected chi connectivity index (χ0v) is 10.9. The van der Waals surface area contributed by atoms with Crippen molar-refractivity contribution in [1.29, 1.82) is 0 Å². The number of rotatable bonds is 4. The van der Waals surface area contributed by atoms with Crippen LogP contribution in [0.5, 0.6) is 11.5 Å². The molecule has 0 fully saturated rings. The average Bonchev–Trinajstić information content (AvgIpc) is 2.77. The SMILES string of the molecule is CCn1cc(Oc2cccc(Cl)c2CCl)cn1. The molecule has 1 heterocycles. The van der Waals surface area contributed by atoms with Crippen molar-refractivity contribution in [3.05, 3.63) is 41.2 Å². The van der Waals surface area contributed by atoms with Gasteiger partial charge in [-0.05, 0) is 19.1 Å². The lowest BCUT2D eigenvalue weighted by atomic mass is 10.2. The first-order chi connectivity index (χ1) is 8.24. The molecule has 0 saturated heterocycles. The molecule has 0 saturated carbocycles. The molecule has 1 aromatic carbocycles. The van der Waals surface area contributed by atoms with Gasteiger partial charge in [0.15, 0.2) is 5.75 Å². The Kier molecular flexibility index (Phi) is 3.92. The monoisotopic (exact) mass is 270 g/mol. The third-order valence-electron chi connectivity index (χ3n) is 2.37. The van der Waals surface area contributed by atoms with Crippen LogP contribution in [-0.4, -0.2) is 9.78 Å². The smallest absolute Gasteiger partial charge is 0.165 e. The molecule has 2 rings (SSSR count). The van der Waals surface area contributed by atoms with Gasteiger partial charge in [-0.3, -0.25) is 4.68 Å². The fourth-order valence-electron chi connectivity index (χ4n) is 1.46. The van der Waals surface area contributed by atoms with Crippen LogP contribution in [0.25, 0.3) is 0 Å². The van der Waals surface area contributed by atoms with Gasteiger partial charge in [-0.2, -0.15) is 5.10 Å². The van der Waals surface area contributed by atoms with E-state index in [-0.39, 0.29) is 0 Å². The van der Waals surface area contributed by atoms with E-state index in [1.807, 2.05) is 25.3 Å². The van der Waals surface area contributed by atoms with Crippen LogP contribution in [-0.2, 0) is 12.4 Å². The van der Waals surface area contributed by atoms with Crippen LogP contribution in [0.15, 0.2) is 30.6 Å². The van der Waals surface area contributed by atoms with Gasteiger partial charge in [-0.1, -0.05) is 17.7 Å². The van der Waals surface area contributed by atoms with Gasteiger partial charge in [0, 0.05) is 17.1 Å². The van der Waals surface area contributed by atoms with Crippen LogP contribution < -0.4 is 4.74 Å². The van der Waals surface area contributed by atoms with E-state index in [2.05, 4.69) is 5.10 Å². The normalized spacial score (nSPS) is 10.5. The summed E-state index contributed by atoms with van der Waals surface area (Å²) in [4.78, 5) is 0. The molecule has 0 amide bonds. The molecule has 0 aliphatic carbocycles. The van der Waals surface area contributed by atoms with Crippen molar-refractivity contribution < 1.29 is 4.74 Å². The molecule has 0 N–H and O–H groups in total. The molecule has 0 atom stereocenters. The number of aryl methyl sites for hydroxylation is 1. The van der Waals surface area contributed by atoms with E-state index in [9.17, 15) is 0 Å². The molecule has 0 aliphatic heterocycles. The number of aromatic nitrogens is 2. The van der Waals surface area contributed by atoms with E-state index >= 15 is 0 Å². The van der Waals surface area contributed by atoms with E-state index in [1.165, 1.54) is 0 Å². The lowest BCUT2D eigenvalue weighted by Gasteiger charge is -2.08. The van der Waals surface area contributed by atoms with Gasteiger partial charge in [0.2, 0.25) is 0 Å². The van der Waals surface area contributed by atoms with E-state index in [4.69, 9.17) is 27.9 Å². The highest BCUT2D eigenvalue weighted by Gasteiger charge is 2.09. The van der Waals surface area contributed by atoms with Crippen LogP contribution in [0.2, 0.25) is 5.02 Å². The molecule has 2 aromatic rings. The summed E-state index contributed by atoms with van der Waals surface area (Å²) < 4.78 is 7.50. The molecule has 0 spiro atoms. The fraction of sp³-hybridized carbons (Fsp3) is 0.250. The van der Waals surface area contributed by atoms with E-state index in [1.54, 1.807) is 16.9 Å². The number of halogens is 2. The summed E-state index contributed by atoms with van der Waals surface area (Å²) in [5.41, 5.74) is 0.792. The number of hydrogen-bond acceptors (Lipinski definition) is 2.